The molecule has 0 unspecified atom stereocenters. The molecule has 0 fully saturated rings. The number of hydrogen-bond donors (Lipinski definition) is 2. The van der Waals surface area contributed by atoms with Crippen LogP contribution in [0, 0.1) is 0 Å². The number of nitrogens with two attached hydrogens (primary N) is 1. The van der Waals surface area contributed by atoms with Crippen LogP contribution in [0.1, 0.15) is 11.1 Å². The van der Waals surface area contributed by atoms with Crippen LogP contribution in [0.5, 0.6) is 0 Å². The van der Waals surface area contributed by atoms with Crippen LogP contribution in [0.25, 0.3) is 0 Å². The highest BCUT2D eigenvalue weighted by Crippen LogP contribution is 2.19. The standard InChI is InChI=1S/C18H24N4O3S.HI/c1-22(2)26(23,24)17-11-7-5-8-14(17)12-20-18(19)21-16-10-6-4-9-15(16)13-25-3;/h4-11H,12-13H2,1-3H3,(H3,19,20,21);1H. The number of methoxy groups -OCH3 is 1. The second-order valence-electron chi connectivity index (χ2n) is 5.81. The Hall–Kier alpha value is -1.69. The number of anilines is 1. The van der Waals surface area contributed by atoms with Crippen LogP contribution in [0.4, 0.5) is 5.69 Å². The molecule has 0 atom stereocenters. The number of ether oxygens (including phenoxy) is 1. The van der Waals surface area contributed by atoms with E-state index < -0.39 is 10.0 Å². The zero-order chi connectivity index (χ0) is 19.2. The van der Waals surface area contributed by atoms with Crippen molar-refractivity contribution in [1.82, 2.24) is 4.31 Å². The van der Waals surface area contributed by atoms with Crippen molar-refractivity contribution in [1.29, 1.82) is 0 Å². The number of benzene rings is 2. The van der Waals surface area contributed by atoms with E-state index in [-0.39, 0.29) is 41.4 Å². The van der Waals surface area contributed by atoms with Crippen LogP contribution in [-0.4, -0.2) is 39.9 Å². The first kappa shape index (κ1) is 23.3. The Kier molecular flexibility index (Phi) is 9.16. The van der Waals surface area contributed by atoms with E-state index in [1.54, 1.807) is 31.4 Å². The lowest BCUT2D eigenvalue weighted by molar-refractivity contribution is 0.185. The second kappa shape index (κ2) is 10.6. The molecule has 9 heteroatoms. The Morgan fingerprint density at radius 1 is 1.11 bits per heavy atom. The van der Waals surface area contributed by atoms with Gasteiger partial charge in [-0.3, -0.25) is 0 Å². The van der Waals surface area contributed by atoms with Crippen molar-refractivity contribution >= 4 is 45.6 Å². The first-order valence-electron chi connectivity index (χ1n) is 8.00. The fraction of sp³-hybridized carbons (Fsp3) is 0.278. The molecule has 3 N–H and O–H groups in total. The van der Waals surface area contributed by atoms with Crippen LogP contribution < -0.4 is 11.1 Å². The van der Waals surface area contributed by atoms with Crippen molar-refractivity contribution in [2.45, 2.75) is 18.0 Å². The number of rotatable bonds is 7. The smallest absolute Gasteiger partial charge is 0.242 e. The van der Waals surface area contributed by atoms with E-state index in [1.807, 2.05) is 24.3 Å². The van der Waals surface area contributed by atoms with Crippen LogP contribution in [0.2, 0.25) is 0 Å². The summed E-state index contributed by atoms with van der Waals surface area (Å²) in [5, 5.41) is 3.03. The summed E-state index contributed by atoms with van der Waals surface area (Å²) in [6.07, 6.45) is 0. The van der Waals surface area contributed by atoms with E-state index in [0.29, 0.717) is 12.2 Å². The normalized spacial score (nSPS) is 11.9. The minimum atomic E-state index is -3.54. The summed E-state index contributed by atoms with van der Waals surface area (Å²) in [5.74, 6) is 0.200. The molecule has 2 aromatic rings. The van der Waals surface area contributed by atoms with E-state index in [2.05, 4.69) is 10.3 Å². The number of nitrogens with one attached hydrogen (secondary N) is 1. The van der Waals surface area contributed by atoms with Gasteiger partial charge in [-0.2, -0.15) is 0 Å². The van der Waals surface area contributed by atoms with Gasteiger partial charge in [0.25, 0.3) is 0 Å². The average molecular weight is 504 g/mol. The van der Waals surface area contributed by atoms with Crippen molar-refractivity contribution in [3.63, 3.8) is 0 Å². The lowest BCUT2D eigenvalue weighted by Crippen LogP contribution is -2.25. The Bertz CT molecular complexity index is 886. The second-order valence-corrected chi connectivity index (χ2v) is 7.93. The largest absolute Gasteiger partial charge is 0.380 e. The van der Waals surface area contributed by atoms with E-state index in [1.165, 1.54) is 18.4 Å². The van der Waals surface area contributed by atoms with Gasteiger partial charge in [-0.15, -0.1) is 24.0 Å². The molecule has 0 aliphatic carbocycles. The Balaban J connectivity index is 0.00000364. The van der Waals surface area contributed by atoms with Crippen molar-refractivity contribution < 1.29 is 13.2 Å². The van der Waals surface area contributed by atoms with Gasteiger partial charge >= 0.3 is 0 Å². The molecule has 0 heterocycles. The molecule has 0 saturated heterocycles. The number of halogens is 1. The van der Waals surface area contributed by atoms with Crippen LogP contribution in [0.3, 0.4) is 0 Å². The molecule has 0 spiro atoms. The van der Waals surface area contributed by atoms with Gasteiger partial charge in [0.15, 0.2) is 5.96 Å². The molecular formula is C18H25IN4O3S. The minimum Gasteiger partial charge on any atom is -0.380 e. The van der Waals surface area contributed by atoms with Gasteiger partial charge in [0, 0.05) is 32.5 Å². The number of para-hydroxylation sites is 1. The number of hydrogen-bond acceptors (Lipinski definition) is 4. The topological polar surface area (TPSA) is 97.0 Å². The maximum absolute atomic E-state index is 12.4. The van der Waals surface area contributed by atoms with Gasteiger partial charge in [-0.25, -0.2) is 17.7 Å². The summed E-state index contributed by atoms with van der Waals surface area (Å²) >= 11 is 0. The Labute approximate surface area is 177 Å². The van der Waals surface area contributed by atoms with E-state index >= 15 is 0 Å². The molecule has 0 aromatic heterocycles. The first-order valence-corrected chi connectivity index (χ1v) is 9.44. The van der Waals surface area contributed by atoms with Gasteiger partial charge in [-0.1, -0.05) is 36.4 Å². The van der Waals surface area contributed by atoms with Crippen LogP contribution >= 0.6 is 24.0 Å². The molecule has 0 aliphatic rings. The molecule has 0 bridgehead atoms. The minimum absolute atomic E-state index is 0. The SMILES string of the molecule is COCc1ccccc1NC(N)=NCc1ccccc1S(=O)(=O)N(C)C.I. The van der Waals surface area contributed by atoms with Gasteiger partial charge in [0.05, 0.1) is 18.0 Å². The molecule has 27 heavy (non-hydrogen) atoms. The molecule has 148 valence electrons. The predicted molar refractivity (Wildman–Crippen MR) is 119 cm³/mol. The van der Waals surface area contributed by atoms with E-state index in [0.717, 1.165) is 11.3 Å². The summed E-state index contributed by atoms with van der Waals surface area (Å²) in [4.78, 5) is 4.51. The molecule has 2 aromatic carbocycles. The van der Waals surface area contributed by atoms with Crippen molar-refractivity contribution in [3.05, 3.63) is 59.7 Å². The molecule has 0 radical (unpaired) electrons. The first-order chi connectivity index (χ1) is 12.4. The van der Waals surface area contributed by atoms with Crippen molar-refractivity contribution in [2.75, 3.05) is 26.5 Å². The number of sulfonamides is 1. The fourth-order valence-electron chi connectivity index (χ4n) is 2.35. The highest BCUT2D eigenvalue weighted by molar-refractivity contribution is 14.0. The lowest BCUT2D eigenvalue weighted by Gasteiger charge is -2.14. The lowest BCUT2D eigenvalue weighted by atomic mass is 10.2. The average Bonchev–Trinajstić information content (AvgIpc) is 2.62. The zero-order valence-electron chi connectivity index (χ0n) is 15.5. The number of guanidine groups is 1. The maximum atomic E-state index is 12.4. The molecule has 0 amide bonds. The summed E-state index contributed by atoms with van der Waals surface area (Å²) in [5.41, 5.74) is 8.30. The van der Waals surface area contributed by atoms with Crippen LogP contribution in [0.15, 0.2) is 58.4 Å². The molecule has 0 saturated carbocycles. The predicted octanol–water partition coefficient (Wildman–Crippen LogP) is 2.63. The molecular weight excluding hydrogens is 479 g/mol. The third-order valence-corrected chi connectivity index (χ3v) is 5.65. The van der Waals surface area contributed by atoms with Gasteiger partial charge in [0.2, 0.25) is 10.0 Å². The van der Waals surface area contributed by atoms with Gasteiger partial charge in [-0.05, 0) is 17.7 Å². The van der Waals surface area contributed by atoms with E-state index in [4.69, 9.17) is 10.5 Å². The van der Waals surface area contributed by atoms with Crippen molar-refractivity contribution in [3.8, 4) is 0 Å². The van der Waals surface area contributed by atoms with Crippen molar-refractivity contribution in [2.24, 2.45) is 10.7 Å². The quantitative estimate of drug-likeness (QED) is 0.344. The zero-order valence-corrected chi connectivity index (χ0v) is 18.7. The molecule has 7 nitrogen and oxygen atoms in total. The Morgan fingerprint density at radius 2 is 1.70 bits per heavy atom. The molecule has 2 rings (SSSR count). The van der Waals surface area contributed by atoms with Gasteiger partial charge in [0.1, 0.15) is 0 Å². The summed E-state index contributed by atoms with van der Waals surface area (Å²) < 4.78 is 31.2. The Morgan fingerprint density at radius 3 is 2.33 bits per heavy atom. The number of nitrogens with zero attached hydrogens (tertiary/aromatic N) is 2. The maximum Gasteiger partial charge on any atom is 0.242 e. The van der Waals surface area contributed by atoms with Crippen LogP contribution in [-0.2, 0) is 27.9 Å². The molecule has 0 aliphatic heterocycles. The summed E-state index contributed by atoms with van der Waals surface area (Å²) in [6, 6.07) is 14.4. The highest BCUT2D eigenvalue weighted by atomic mass is 127. The van der Waals surface area contributed by atoms with E-state index in [9.17, 15) is 8.42 Å². The summed E-state index contributed by atoms with van der Waals surface area (Å²) in [7, 11) is 1.08. The fourth-order valence-corrected chi connectivity index (χ4v) is 3.46. The number of aliphatic imine (C=N–C) groups is 1. The monoisotopic (exact) mass is 504 g/mol. The highest BCUT2D eigenvalue weighted by Gasteiger charge is 2.20. The summed E-state index contributed by atoms with van der Waals surface area (Å²) in [6.45, 7) is 0.592. The third-order valence-electron chi connectivity index (χ3n) is 3.73. The third kappa shape index (κ3) is 6.16. The van der Waals surface area contributed by atoms with Gasteiger partial charge < -0.3 is 15.8 Å².